The zero-order chi connectivity index (χ0) is 23.2. The van der Waals surface area contributed by atoms with Crippen LogP contribution in [0.25, 0.3) is 0 Å². The van der Waals surface area contributed by atoms with Gasteiger partial charge in [-0.1, -0.05) is 74.0 Å². The van der Waals surface area contributed by atoms with E-state index in [1.165, 1.54) is 0 Å². The predicted molar refractivity (Wildman–Crippen MR) is 132 cm³/mol. The maximum absolute atomic E-state index is 9.89. The number of hydrogen-bond acceptors (Lipinski definition) is 4. The third-order valence-corrected chi connectivity index (χ3v) is 4.48. The summed E-state index contributed by atoms with van der Waals surface area (Å²) in [7, 11) is 0. The summed E-state index contributed by atoms with van der Waals surface area (Å²) in [5, 5.41) is 9.89. The molecule has 0 aromatic carbocycles. The van der Waals surface area contributed by atoms with Crippen LogP contribution < -0.4 is 0 Å². The van der Waals surface area contributed by atoms with Crippen LogP contribution in [0.5, 0.6) is 0 Å². The Bertz CT molecular complexity index is 703. The molecule has 0 aliphatic carbocycles. The summed E-state index contributed by atoms with van der Waals surface area (Å²) >= 11 is 0. The minimum absolute atomic E-state index is 0.514. The van der Waals surface area contributed by atoms with Gasteiger partial charge in [0.1, 0.15) is 6.10 Å². The molecule has 32 heavy (non-hydrogen) atoms. The lowest BCUT2D eigenvalue weighted by atomic mass is 10.2. The van der Waals surface area contributed by atoms with E-state index in [1.807, 2.05) is 12.2 Å². The van der Waals surface area contributed by atoms with E-state index < -0.39 is 12.1 Å². The van der Waals surface area contributed by atoms with E-state index >= 15 is 0 Å². The molecular weight excluding hydrogens is 400 g/mol. The summed E-state index contributed by atoms with van der Waals surface area (Å²) < 4.78 is 17.4. The topological polar surface area (TPSA) is 47.9 Å². The van der Waals surface area contributed by atoms with Crippen molar-refractivity contribution in [3.8, 4) is 23.7 Å². The van der Waals surface area contributed by atoms with Crippen LogP contribution in [-0.2, 0) is 14.2 Å². The Labute approximate surface area is 195 Å². The number of aliphatic hydroxyl groups excluding tert-OH is 1. The van der Waals surface area contributed by atoms with Crippen LogP contribution in [0.15, 0.2) is 48.6 Å². The highest BCUT2D eigenvalue weighted by Crippen LogP contribution is 2.26. The number of aliphatic hydroxyl groups is 1. The summed E-state index contributed by atoms with van der Waals surface area (Å²) in [6.45, 7) is 6.20. The van der Waals surface area contributed by atoms with E-state index in [2.05, 4.69) is 61.8 Å². The first kappa shape index (κ1) is 28.0. The van der Waals surface area contributed by atoms with Gasteiger partial charge < -0.3 is 19.3 Å². The first-order valence-corrected chi connectivity index (χ1v) is 11.9. The molecule has 1 N–H and O–H groups in total. The van der Waals surface area contributed by atoms with Crippen molar-refractivity contribution >= 4 is 0 Å². The van der Waals surface area contributed by atoms with Crippen molar-refractivity contribution in [1.29, 1.82) is 0 Å². The molecule has 0 spiro atoms. The lowest BCUT2D eigenvalue weighted by molar-refractivity contribution is -0.401. The van der Waals surface area contributed by atoms with Crippen molar-refractivity contribution in [3.63, 3.8) is 0 Å². The highest BCUT2D eigenvalue weighted by atomic mass is 16.9. The molecule has 4 heteroatoms. The fraction of sp³-hybridized carbons (Fsp3) is 0.571. The molecule has 176 valence electrons. The van der Waals surface area contributed by atoms with Crippen LogP contribution in [0.3, 0.4) is 0 Å². The van der Waals surface area contributed by atoms with Gasteiger partial charge in [-0.25, -0.2) is 0 Å². The standard InChI is InChI=1S/C28H40O4/c1-3-5-6-7-8-9-10-11-14-17-21-27(29)22-18-15-12-13-16-19-23-28(30-24-4-2)31-25-20-26-32-28/h5-6,11,13-16,18,27,29H,3-4,7-8,12,19-20,22-26H2,1-2H3/b6-5-,14-11-,16-13-,18-15-/t27-/m1/s1. The second kappa shape index (κ2) is 19.6. The van der Waals surface area contributed by atoms with Crippen molar-refractivity contribution in [2.75, 3.05) is 19.8 Å². The van der Waals surface area contributed by atoms with Gasteiger partial charge in [-0.15, -0.1) is 0 Å². The molecule has 1 aliphatic rings. The number of rotatable bonds is 13. The SMILES string of the molecule is CC/C=C\CCC#C/C=C\C#C[C@@H](O)C/C=C\C/C=C\CCC1(OCCC)OCCCO1. The van der Waals surface area contributed by atoms with Gasteiger partial charge in [-0.05, 0) is 50.7 Å². The maximum atomic E-state index is 9.89. The zero-order valence-electron chi connectivity index (χ0n) is 19.9. The van der Waals surface area contributed by atoms with Crippen LogP contribution in [-0.4, -0.2) is 37.0 Å². The molecule has 0 bridgehead atoms. The van der Waals surface area contributed by atoms with Crippen LogP contribution in [0.4, 0.5) is 0 Å². The molecule has 4 nitrogen and oxygen atoms in total. The van der Waals surface area contributed by atoms with E-state index in [0.29, 0.717) is 32.7 Å². The monoisotopic (exact) mass is 440 g/mol. The number of unbranched alkanes of at least 4 members (excludes halogenated alkanes) is 1. The smallest absolute Gasteiger partial charge is 0.283 e. The van der Waals surface area contributed by atoms with Gasteiger partial charge in [-0.2, -0.15) is 0 Å². The number of allylic oxidation sites excluding steroid dienone is 7. The molecule has 0 unspecified atom stereocenters. The summed E-state index contributed by atoms with van der Waals surface area (Å²) in [5.74, 6) is 10.8. The second-order valence-electron chi connectivity index (χ2n) is 7.41. The van der Waals surface area contributed by atoms with Gasteiger partial charge in [-0.3, -0.25) is 0 Å². The van der Waals surface area contributed by atoms with Crippen LogP contribution >= 0.6 is 0 Å². The third kappa shape index (κ3) is 14.8. The first-order valence-electron chi connectivity index (χ1n) is 11.9. The molecule has 1 fully saturated rings. The van der Waals surface area contributed by atoms with Crippen molar-refractivity contribution in [2.24, 2.45) is 0 Å². The second-order valence-corrected chi connectivity index (χ2v) is 7.41. The van der Waals surface area contributed by atoms with E-state index in [0.717, 1.165) is 44.9 Å². The molecule has 1 aliphatic heterocycles. The normalized spacial score (nSPS) is 17.0. The van der Waals surface area contributed by atoms with Crippen molar-refractivity contribution < 1.29 is 19.3 Å². The molecule has 0 aromatic rings. The van der Waals surface area contributed by atoms with Gasteiger partial charge in [0.05, 0.1) is 19.8 Å². The van der Waals surface area contributed by atoms with Gasteiger partial charge in [0.25, 0.3) is 5.97 Å². The average Bonchev–Trinajstić information content (AvgIpc) is 2.81. The Kier molecular flexibility index (Phi) is 17.1. The number of ether oxygens (including phenoxy) is 3. The van der Waals surface area contributed by atoms with E-state index in [4.69, 9.17) is 14.2 Å². The molecule has 1 atom stereocenters. The predicted octanol–water partition coefficient (Wildman–Crippen LogP) is 5.85. The largest absolute Gasteiger partial charge is 0.380 e. The molecule has 0 aromatic heterocycles. The summed E-state index contributed by atoms with van der Waals surface area (Å²) in [6.07, 6.45) is 22.9. The van der Waals surface area contributed by atoms with Gasteiger partial charge in [0.2, 0.25) is 0 Å². The van der Waals surface area contributed by atoms with E-state index in [-0.39, 0.29) is 0 Å². The van der Waals surface area contributed by atoms with Crippen molar-refractivity contribution in [1.82, 2.24) is 0 Å². The lowest BCUT2D eigenvalue weighted by Gasteiger charge is -2.36. The minimum Gasteiger partial charge on any atom is -0.380 e. The van der Waals surface area contributed by atoms with Gasteiger partial charge in [0.15, 0.2) is 0 Å². The van der Waals surface area contributed by atoms with Crippen molar-refractivity contribution in [2.45, 2.75) is 83.7 Å². The highest BCUT2D eigenvalue weighted by molar-refractivity contribution is 5.26. The Morgan fingerprint density at radius 1 is 0.969 bits per heavy atom. The molecule has 0 radical (unpaired) electrons. The Balaban J connectivity index is 2.18. The summed E-state index contributed by atoms with van der Waals surface area (Å²) in [5.41, 5.74) is 0. The van der Waals surface area contributed by atoms with E-state index in [1.54, 1.807) is 12.2 Å². The summed E-state index contributed by atoms with van der Waals surface area (Å²) in [6, 6.07) is 0. The quantitative estimate of drug-likeness (QED) is 0.222. The molecule has 1 heterocycles. The minimum atomic E-state index is -0.872. The Morgan fingerprint density at radius 3 is 2.50 bits per heavy atom. The highest BCUT2D eigenvalue weighted by Gasteiger charge is 2.34. The Hall–Kier alpha value is -2.08. The average molecular weight is 441 g/mol. The van der Waals surface area contributed by atoms with Crippen molar-refractivity contribution in [3.05, 3.63) is 48.6 Å². The summed E-state index contributed by atoms with van der Waals surface area (Å²) in [4.78, 5) is 0. The molecule has 0 saturated carbocycles. The van der Waals surface area contributed by atoms with Crippen LogP contribution in [0, 0.1) is 23.7 Å². The molecular formula is C28H40O4. The lowest BCUT2D eigenvalue weighted by Crippen LogP contribution is -2.43. The fourth-order valence-electron chi connectivity index (χ4n) is 2.85. The van der Waals surface area contributed by atoms with Crippen LogP contribution in [0.2, 0.25) is 0 Å². The number of hydrogen-bond donors (Lipinski definition) is 1. The molecule has 0 amide bonds. The van der Waals surface area contributed by atoms with Gasteiger partial charge in [0, 0.05) is 19.3 Å². The third-order valence-electron chi connectivity index (χ3n) is 4.48. The maximum Gasteiger partial charge on any atom is 0.283 e. The van der Waals surface area contributed by atoms with E-state index in [9.17, 15) is 5.11 Å². The molecule has 1 saturated heterocycles. The zero-order valence-corrected chi connectivity index (χ0v) is 19.9. The fourth-order valence-corrected chi connectivity index (χ4v) is 2.85. The van der Waals surface area contributed by atoms with Gasteiger partial charge >= 0.3 is 0 Å². The molecule has 1 rings (SSSR count). The van der Waals surface area contributed by atoms with Crippen LogP contribution in [0.1, 0.15) is 71.6 Å². The first-order chi connectivity index (χ1) is 15.7. The Morgan fingerprint density at radius 2 is 1.72 bits per heavy atom.